The second-order valence-electron chi connectivity index (χ2n) is 6.91. The van der Waals surface area contributed by atoms with Crippen molar-refractivity contribution in [2.24, 2.45) is 0 Å². The highest BCUT2D eigenvalue weighted by Gasteiger charge is 2.24. The molecule has 3 aromatic rings. The van der Waals surface area contributed by atoms with E-state index in [1.165, 1.54) is 22.9 Å². The SMILES string of the molecule is Cc1ccc(-n2c(SCC(=O)NC3CC3)nnc2-c2ccccc2)cc1C. The van der Waals surface area contributed by atoms with Crippen LogP contribution in [0.15, 0.2) is 53.7 Å². The van der Waals surface area contributed by atoms with Crippen molar-refractivity contribution in [3.8, 4) is 17.1 Å². The van der Waals surface area contributed by atoms with Gasteiger partial charge >= 0.3 is 0 Å². The standard InChI is InChI=1S/C21H22N4OS/c1-14-8-11-18(12-15(14)2)25-20(16-6-4-3-5-7-16)23-24-21(25)27-13-19(26)22-17-9-10-17/h3-8,11-12,17H,9-10,13H2,1-2H3,(H,22,26). The Bertz CT molecular complexity index is 964. The molecular weight excluding hydrogens is 356 g/mol. The highest BCUT2D eigenvalue weighted by atomic mass is 32.2. The van der Waals surface area contributed by atoms with Gasteiger partial charge in [0.1, 0.15) is 0 Å². The zero-order chi connectivity index (χ0) is 18.8. The van der Waals surface area contributed by atoms with Gasteiger partial charge in [-0.05, 0) is 49.9 Å². The number of carbonyl (C=O) groups is 1. The third kappa shape index (κ3) is 4.06. The molecule has 6 heteroatoms. The first-order valence-corrected chi connectivity index (χ1v) is 10.1. The maximum Gasteiger partial charge on any atom is 0.230 e. The molecule has 1 aliphatic rings. The highest BCUT2D eigenvalue weighted by Crippen LogP contribution is 2.29. The summed E-state index contributed by atoms with van der Waals surface area (Å²) in [6.07, 6.45) is 2.18. The Morgan fingerprint density at radius 3 is 2.59 bits per heavy atom. The summed E-state index contributed by atoms with van der Waals surface area (Å²) < 4.78 is 2.04. The molecule has 1 saturated carbocycles. The topological polar surface area (TPSA) is 59.8 Å². The summed E-state index contributed by atoms with van der Waals surface area (Å²) in [6.45, 7) is 4.20. The number of hydrogen-bond acceptors (Lipinski definition) is 4. The van der Waals surface area contributed by atoms with Crippen LogP contribution in [0.3, 0.4) is 0 Å². The van der Waals surface area contributed by atoms with Crippen LogP contribution < -0.4 is 5.32 Å². The van der Waals surface area contributed by atoms with Crippen LogP contribution in [0.5, 0.6) is 0 Å². The Balaban J connectivity index is 1.68. The minimum atomic E-state index is 0.0541. The van der Waals surface area contributed by atoms with Crippen LogP contribution in [0.4, 0.5) is 0 Å². The normalized spacial score (nSPS) is 13.6. The second-order valence-corrected chi connectivity index (χ2v) is 7.85. The number of aromatic nitrogens is 3. The van der Waals surface area contributed by atoms with Crippen LogP contribution in [-0.4, -0.2) is 32.5 Å². The molecule has 5 nitrogen and oxygen atoms in total. The van der Waals surface area contributed by atoms with Gasteiger partial charge in [0.15, 0.2) is 11.0 Å². The van der Waals surface area contributed by atoms with Crippen molar-refractivity contribution in [2.45, 2.75) is 37.9 Å². The molecule has 0 radical (unpaired) electrons. The van der Waals surface area contributed by atoms with E-state index in [4.69, 9.17) is 0 Å². The molecule has 0 atom stereocenters. The number of rotatable bonds is 6. The number of hydrogen-bond donors (Lipinski definition) is 1. The molecule has 0 spiro atoms. The van der Waals surface area contributed by atoms with E-state index in [0.29, 0.717) is 11.8 Å². The number of carbonyl (C=O) groups excluding carboxylic acids is 1. The zero-order valence-electron chi connectivity index (χ0n) is 15.5. The van der Waals surface area contributed by atoms with E-state index >= 15 is 0 Å². The summed E-state index contributed by atoms with van der Waals surface area (Å²) in [5.41, 5.74) is 4.46. The number of aryl methyl sites for hydroxylation is 2. The molecule has 1 aliphatic carbocycles. The van der Waals surface area contributed by atoms with E-state index in [0.717, 1.165) is 35.1 Å². The highest BCUT2D eigenvalue weighted by molar-refractivity contribution is 7.99. The molecule has 4 rings (SSSR count). The summed E-state index contributed by atoms with van der Waals surface area (Å²) in [7, 11) is 0. The van der Waals surface area contributed by atoms with Gasteiger partial charge in [-0.25, -0.2) is 0 Å². The summed E-state index contributed by atoms with van der Waals surface area (Å²) in [4.78, 5) is 12.1. The third-order valence-electron chi connectivity index (χ3n) is 4.69. The van der Waals surface area contributed by atoms with Crippen molar-refractivity contribution in [2.75, 3.05) is 5.75 Å². The summed E-state index contributed by atoms with van der Waals surface area (Å²) in [6, 6.07) is 16.7. The fourth-order valence-corrected chi connectivity index (χ4v) is 3.63. The van der Waals surface area contributed by atoms with E-state index in [9.17, 15) is 4.79 Å². The molecule has 138 valence electrons. The minimum absolute atomic E-state index is 0.0541. The summed E-state index contributed by atoms with van der Waals surface area (Å²) in [5.74, 6) is 1.18. The number of thioether (sulfide) groups is 1. The Labute approximate surface area is 163 Å². The molecule has 0 saturated heterocycles. The quantitative estimate of drug-likeness (QED) is 0.661. The van der Waals surface area contributed by atoms with E-state index in [1.807, 2.05) is 34.9 Å². The van der Waals surface area contributed by atoms with Crippen molar-refractivity contribution in [1.29, 1.82) is 0 Å². The molecule has 1 amide bonds. The van der Waals surface area contributed by atoms with Gasteiger partial charge in [0.05, 0.1) is 11.4 Å². The van der Waals surface area contributed by atoms with E-state index < -0.39 is 0 Å². The fourth-order valence-electron chi connectivity index (χ4n) is 2.86. The Morgan fingerprint density at radius 2 is 1.89 bits per heavy atom. The van der Waals surface area contributed by atoms with Gasteiger partial charge in [0.2, 0.25) is 5.91 Å². The smallest absolute Gasteiger partial charge is 0.230 e. The Morgan fingerprint density at radius 1 is 1.11 bits per heavy atom. The predicted octanol–water partition coefficient (Wildman–Crippen LogP) is 3.92. The minimum Gasteiger partial charge on any atom is -0.353 e. The van der Waals surface area contributed by atoms with Crippen molar-refractivity contribution >= 4 is 17.7 Å². The fraction of sp³-hybridized carbons (Fsp3) is 0.286. The molecule has 1 N–H and O–H groups in total. The first kappa shape index (κ1) is 17.8. The molecule has 1 aromatic heterocycles. The number of benzene rings is 2. The summed E-state index contributed by atoms with van der Waals surface area (Å²) >= 11 is 1.42. The van der Waals surface area contributed by atoms with E-state index in [2.05, 4.69) is 47.6 Å². The van der Waals surface area contributed by atoms with Gasteiger partial charge in [-0.3, -0.25) is 9.36 Å². The van der Waals surface area contributed by atoms with Gasteiger partial charge in [-0.1, -0.05) is 48.2 Å². The van der Waals surface area contributed by atoms with Gasteiger partial charge in [0.25, 0.3) is 0 Å². The zero-order valence-corrected chi connectivity index (χ0v) is 16.3. The maximum atomic E-state index is 12.1. The number of amides is 1. The van der Waals surface area contributed by atoms with Crippen LogP contribution in [0, 0.1) is 13.8 Å². The lowest BCUT2D eigenvalue weighted by Crippen LogP contribution is -2.27. The van der Waals surface area contributed by atoms with Gasteiger partial charge in [-0.15, -0.1) is 10.2 Å². The lowest BCUT2D eigenvalue weighted by Gasteiger charge is -2.12. The van der Waals surface area contributed by atoms with Crippen molar-refractivity contribution in [3.05, 3.63) is 59.7 Å². The second kappa shape index (κ2) is 7.56. The van der Waals surface area contributed by atoms with Crippen LogP contribution in [0.2, 0.25) is 0 Å². The van der Waals surface area contributed by atoms with Crippen LogP contribution in [0.1, 0.15) is 24.0 Å². The Kier molecular flexibility index (Phi) is 4.99. The first-order chi connectivity index (χ1) is 13.1. The largest absolute Gasteiger partial charge is 0.353 e. The Hall–Kier alpha value is -2.60. The van der Waals surface area contributed by atoms with Crippen molar-refractivity contribution in [1.82, 2.24) is 20.1 Å². The molecule has 2 aromatic carbocycles. The van der Waals surface area contributed by atoms with E-state index in [-0.39, 0.29) is 5.91 Å². The maximum absolute atomic E-state index is 12.1. The number of nitrogens with zero attached hydrogens (tertiary/aromatic N) is 3. The molecule has 1 fully saturated rings. The number of nitrogens with one attached hydrogen (secondary N) is 1. The van der Waals surface area contributed by atoms with Gasteiger partial charge in [0, 0.05) is 11.6 Å². The molecule has 0 aliphatic heterocycles. The third-order valence-corrected chi connectivity index (χ3v) is 5.62. The van der Waals surface area contributed by atoms with Crippen LogP contribution in [-0.2, 0) is 4.79 Å². The van der Waals surface area contributed by atoms with Gasteiger partial charge < -0.3 is 5.32 Å². The monoisotopic (exact) mass is 378 g/mol. The molecule has 1 heterocycles. The predicted molar refractivity (Wildman–Crippen MR) is 108 cm³/mol. The van der Waals surface area contributed by atoms with Crippen LogP contribution >= 0.6 is 11.8 Å². The average Bonchev–Trinajstić information content (AvgIpc) is 3.38. The van der Waals surface area contributed by atoms with Gasteiger partial charge in [-0.2, -0.15) is 0 Å². The lowest BCUT2D eigenvalue weighted by atomic mass is 10.1. The van der Waals surface area contributed by atoms with Crippen molar-refractivity contribution < 1.29 is 4.79 Å². The lowest BCUT2D eigenvalue weighted by molar-refractivity contribution is -0.118. The first-order valence-electron chi connectivity index (χ1n) is 9.12. The van der Waals surface area contributed by atoms with E-state index in [1.54, 1.807) is 0 Å². The van der Waals surface area contributed by atoms with Crippen LogP contribution in [0.25, 0.3) is 17.1 Å². The van der Waals surface area contributed by atoms with Crippen molar-refractivity contribution in [3.63, 3.8) is 0 Å². The summed E-state index contributed by atoms with van der Waals surface area (Å²) in [5, 5.41) is 12.6. The average molecular weight is 379 g/mol. The molecule has 0 bridgehead atoms. The molecule has 27 heavy (non-hydrogen) atoms. The molecular formula is C21H22N4OS. The molecule has 0 unspecified atom stereocenters.